The van der Waals surface area contributed by atoms with Gasteiger partial charge < -0.3 is 0 Å². The fraction of sp³-hybridized carbons (Fsp3) is 0.216. The molecule has 0 fully saturated rings. The van der Waals surface area contributed by atoms with Gasteiger partial charge in [0.15, 0.2) is 0 Å². The van der Waals surface area contributed by atoms with Crippen molar-refractivity contribution in [2.45, 2.75) is 103 Å². The SMILES string of the molecule is CC(C)(C)c1ccc2c(c1)C(C)(C)c1cc(-c3ccc4c(c3)C(C)(C)c3cc(-c5ccc6c(c5)C(C)(C)c5cc(-c7ccc8c(c7)C(C)(C)c7cc(-c9ccc%10ccccc%10c9)ccc7-8)ccc5-6)ccc3-4)ccc1-2. The van der Waals surface area contributed by atoms with Crippen LogP contribution < -0.4 is 0 Å². The van der Waals surface area contributed by atoms with E-state index in [-0.39, 0.29) is 27.1 Å². The minimum atomic E-state index is -0.157. The third-order valence-electron chi connectivity index (χ3n) is 18.7. The third-order valence-corrected chi connectivity index (χ3v) is 18.7. The lowest BCUT2D eigenvalue weighted by Gasteiger charge is -2.25. The van der Waals surface area contributed by atoms with Crippen molar-refractivity contribution in [3.05, 3.63) is 238 Å². The summed E-state index contributed by atoms with van der Waals surface area (Å²) in [7, 11) is 0. The Bertz CT molecular complexity index is 4100. The second kappa shape index (κ2) is 15.0. The maximum absolute atomic E-state index is 2.49. The molecule has 74 heavy (non-hydrogen) atoms. The summed E-state index contributed by atoms with van der Waals surface area (Å²) in [4.78, 5) is 0. The van der Waals surface area contributed by atoms with Crippen molar-refractivity contribution in [2.24, 2.45) is 0 Å². The van der Waals surface area contributed by atoms with Gasteiger partial charge in [0, 0.05) is 21.7 Å². The predicted molar refractivity (Wildman–Crippen MR) is 315 cm³/mol. The smallest absolute Gasteiger partial charge is 0.0159 e. The predicted octanol–water partition coefficient (Wildman–Crippen LogP) is 20.0. The average molecular weight is 953 g/mol. The zero-order valence-electron chi connectivity index (χ0n) is 44.9. The van der Waals surface area contributed by atoms with Crippen LogP contribution in [0.1, 0.15) is 126 Å². The lowest BCUT2D eigenvalue weighted by molar-refractivity contribution is 0.584. The zero-order valence-corrected chi connectivity index (χ0v) is 44.9. The van der Waals surface area contributed by atoms with E-state index in [0.717, 1.165) is 0 Å². The highest BCUT2D eigenvalue weighted by atomic mass is 14.4. The molecule has 0 amide bonds. The van der Waals surface area contributed by atoms with Crippen molar-refractivity contribution in [3.63, 3.8) is 0 Å². The molecule has 0 N–H and O–H groups in total. The highest BCUT2D eigenvalue weighted by molar-refractivity contribution is 5.93. The van der Waals surface area contributed by atoms with Gasteiger partial charge in [-0.2, -0.15) is 0 Å². The molecule has 0 saturated heterocycles. The average Bonchev–Trinajstić information content (AvgIpc) is 3.96. The van der Waals surface area contributed by atoms with E-state index in [2.05, 4.69) is 264 Å². The van der Waals surface area contributed by atoms with Gasteiger partial charge in [-0.25, -0.2) is 0 Å². The van der Waals surface area contributed by atoms with Crippen LogP contribution in [0.5, 0.6) is 0 Å². The van der Waals surface area contributed by atoms with Crippen LogP contribution in [0.15, 0.2) is 188 Å². The van der Waals surface area contributed by atoms with Crippen LogP contribution in [0.3, 0.4) is 0 Å². The molecular weight excluding hydrogens is 889 g/mol. The highest BCUT2D eigenvalue weighted by Crippen LogP contribution is 2.56. The summed E-state index contributed by atoms with van der Waals surface area (Å²) in [5.74, 6) is 0. The summed E-state index contributed by atoms with van der Waals surface area (Å²) in [6, 6.07) is 73.1. The molecule has 14 rings (SSSR count). The monoisotopic (exact) mass is 953 g/mol. The van der Waals surface area contributed by atoms with Gasteiger partial charge >= 0.3 is 0 Å². The van der Waals surface area contributed by atoms with Crippen molar-refractivity contribution in [1.82, 2.24) is 0 Å². The number of benzene rings is 10. The summed E-state index contributed by atoms with van der Waals surface area (Å²) in [5, 5.41) is 2.56. The molecular formula is C74H64. The summed E-state index contributed by atoms with van der Waals surface area (Å²) in [6.07, 6.45) is 0. The molecule has 0 unspecified atom stereocenters. The Morgan fingerprint density at radius 3 is 0.743 bits per heavy atom. The summed E-state index contributed by atoms with van der Waals surface area (Å²) < 4.78 is 0. The normalized spacial score (nSPS) is 16.2. The van der Waals surface area contributed by atoms with Crippen LogP contribution in [0, 0.1) is 0 Å². The summed E-state index contributed by atoms with van der Waals surface area (Å²) in [5.41, 5.74) is 33.4. The minimum Gasteiger partial charge on any atom is -0.0616 e. The standard InChI is InChI=1S/C74H64/c1-70(2,3)53-25-33-61-60-32-24-52(41-68(60)74(10,11)69(61)42-53)51-23-31-59-58-30-22-50(39-66(58)73(8,9)67(59)40-51)49-21-29-57-56-28-20-48(37-64(56)72(6,7)65(57)38-49)47-19-27-55-54-26-18-46(35-62(54)71(4,5)63(55)36-47)45-17-16-43-14-12-13-15-44(43)34-45/h12-42H,1-11H3. The van der Waals surface area contributed by atoms with Crippen molar-refractivity contribution in [3.8, 4) is 89.0 Å². The van der Waals surface area contributed by atoms with Gasteiger partial charge in [-0.1, -0.05) is 216 Å². The van der Waals surface area contributed by atoms with Crippen LogP contribution in [-0.4, -0.2) is 0 Å². The Balaban J connectivity index is 0.742. The molecule has 4 aliphatic rings. The lowest BCUT2D eigenvalue weighted by Crippen LogP contribution is -2.17. The Morgan fingerprint density at radius 2 is 0.459 bits per heavy atom. The van der Waals surface area contributed by atoms with Gasteiger partial charge in [-0.15, -0.1) is 0 Å². The van der Waals surface area contributed by atoms with Crippen molar-refractivity contribution in [1.29, 1.82) is 0 Å². The Hall–Kier alpha value is -7.54. The number of hydrogen-bond donors (Lipinski definition) is 0. The van der Waals surface area contributed by atoms with Gasteiger partial charge in [0.2, 0.25) is 0 Å². The van der Waals surface area contributed by atoms with E-state index in [1.165, 1.54) is 150 Å². The Kier molecular flexibility index (Phi) is 9.17. The van der Waals surface area contributed by atoms with Crippen LogP contribution in [0.25, 0.3) is 99.8 Å². The summed E-state index contributed by atoms with van der Waals surface area (Å²) in [6.45, 7) is 26.2. The van der Waals surface area contributed by atoms with Crippen molar-refractivity contribution in [2.75, 3.05) is 0 Å². The second-order valence-corrected chi connectivity index (χ2v) is 25.4. The number of fused-ring (bicyclic) bond motifs is 13. The van der Waals surface area contributed by atoms with Gasteiger partial charge in [-0.05, 0) is 204 Å². The van der Waals surface area contributed by atoms with Crippen LogP contribution in [0.4, 0.5) is 0 Å². The van der Waals surface area contributed by atoms with E-state index in [1.54, 1.807) is 0 Å². The van der Waals surface area contributed by atoms with Crippen LogP contribution in [-0.2, 0) is 27.1 Å². The zero-order chi connectivity index (χ0) is 51.0. The Morgan fingerprint density at radius 1 is 0.230 bits per heavy atom. The van der Waals surface area contributed by atoms with Gasteiger partial charge in [-0.3, -0.25) is 0 Å². The molecule has 360 valence electrons. The minimum absolute atomic E-state index is 0.0658. The summed E-state index contributed by atoms with van der Waals surface area (Å²) >= 11 is 0. The highest BCUT2D eigenvalue weighted by Gasteiger charge is 2.41. The van der Waals surface area contributed by atoms with Crippen molar-refractivity contribution < 1.29 is 0 Å². The first-order valence-corrected chi connectivity index (χ1v) is 27.0. The first kappa shape index (κ1) is 45.1. The van der Waals surface area contributed by atoms with Crippen LogP contribution >= 0.6 is 0 Å². The second-order valence-electron chi connectivity index (χ2n) is 25.4. The quantitative estimate of drug-likeness (QED) is 0.165. The van der Waals surface area contributed by atoms with E-state index in [0.29, 0.717) is 0 Å². The van der Waals surface area contributed by atoms with Gasteiger partial charge in [0.05, 0.1) is 0 Å². The topological polar surface area (TPSA) is 0 Å². The van der Waals surface area contributed by atoms with E-state index >= 15 is 0 Å². The number of hydrogen-bond acceptors (Lipinski definition) is 0. The fourth-order valence-electron chi connectivity index (χ4n) is 14.0. The number of rotatable bonds is 4. The largest absolute Gasteiger partial charge is 0.0616 e. The van der Waals surface area contributed by atoms with Gasteiger partial charge in [0.25, 0.3) is 0 Å². The third kappa shape index (κ3) is 6.33. The molecule has 10 aromatic carbocycles. The first-order valence-electron chi connectivity index (χ1n) is 27.0. The van der Waals surface area contributed by atoms with Crippen LogP contribution in [0.2, 0.25) is 0 Å². The maximum atomic E-state index is 2.49. The van der Waals surface area contributed by atoms with E-state index < -0.39 is 0 Å². The molecule has 0 radical (unpaired) electrons. The van der Waals surface area contributed by atoms with Crippen molar-refractivity contribution >= 4 is 10.8 Å². The molecule has 0 aliphatic heterocycles. The molecule has 0 saturated carbocycles. The molecule has 0 nitrogen and oxygen atoms in total. The molecule has 0 aromatic heterocycles. The maximum Gasteiger partial charge on any atom is 0.0159 e. The Labute approximate surface area is 438 Å². The van der Waals surface area contributed by atoms with E-state index in [1.807, 2.05) is 0 Å². The van der Waals surface area contributed by atoms with E-state index in [9.17, 15) is 0 Å². The molecule has 0 heterocycles. The molecule has 0 bridgehead atoms. The molecule has 4 aliphatic carbocycles. The lowest BCUT2D eigenvalue weighted by atomic mass is 9.78. The fourth-order valence-corrected chi connectivity index (χ4v) is 14.0. The van der Waals surface area contributed by atoms with E-state index in [4.69, 9.17) is 0 Å². The van der Waals surface area contributed by atoms with Gasteiger partial charge in [0.1, 0.15) is 0 Å². The molecule has 0 atom stereocenters. The molecule has 10 aromatic rings. The molecule has 0 spiro atoms. The molecule has 0 heteroatoms. The first-order chi connectivity index (χ1) is 35.3.